The molecule has 2 rings (SSSR count). The lowest BCUT2D eigenvalue weighted by Crippen LogP contribution is -2.48. The fraction of sp³-hybridized carbons (Fsp3) is 0.625. The van der Waals surface area contributed by atoms with Crippen molar-refractivity contribution in [1.29, 1.82) is 0 Å². The summed E-state index contributed by atoms with van der Waals surface area (Å²) < 4.78 is 0. The number of hydrogen-bond acceptors (Lipinski definition) is 3. The standard InChI is InChI=1S/C16H25NOS/c1-12-6-13(2)8-14(7-12)10-19-15-4-3-5-16(17,9-15)11-18/h6-8,15,18H,3-5,9-11,17H2,1-2H3. The zero-order chi connectivity index (χ0) is 13.9. The molecular weight excluding hydrogens is 254 g/mol. The molecular formula is C16H25NOS. The number of aliphatic hydroxyl groups excluding tert-OH is 1. The van der Waals surface area contributed by atoms with Crippen molar-refractivity contribution in [3.63, 3.8) is 0 Å². The average Bonchev–Trinajstić information content (AvgIpc) is 2.35. The summed E-state index contributed by atoms with van der Waals surface area (Å²) in [5.41, 5.74) is 9.94. The molecule has 2 nitrogen and oxygen atoms in total. The highest BCUT2D eigenvalue weighted by Gasteiger charge is 2.32. The summed E-state index contributed by atoms with van der Waals surface area (Å²) in [6.07, 6.45) is 4.28. The summed E-state index contributed by atoms with van der Waals surface area (Å²) >= 11 is 1.99. The second-order valence-electron chi connectivity index (χ2n) is 6.05. The van der Waals surface area contributed by atoms with Gasteiger partial charge in [-0.25, -0.2) is 0 Å². The maximum atomic E-state index is 9.39. The second kappa shape index (κ2) is 6.29. The van der Waals surface area contributed by atoms with Crippen LogP contribution in [0.15, 0.2) is 18.2 Å². The van der Waals surface area contributed by atoms with E-state index < -0.39 is 0 Å². The van der Waals surface area contributed by atoms with Gasteiger partial charge in [-0.15, -0.1) is 0 Å². The van der Waals surface area contributed by atoms with Crippen LogP contribution in [-0.2, 0) is 5.75 Å². The van der Waals surface area contributed by atoms with E-state index in [9.17, 15) is 5.11 Å². The third kappa shape index (κ3) is 4.23. The maximum Gasteiger partial charge on any atom is 0.0611 e. The topological polar surface area (TPSA) is 46.2 Å². The van der Waals surface area contributed by atoms with E-state index >= 15 is 0 Å². The minimum Gasteiger partial charge on any atom is -0.394 e. The quantitative estimate of drug-likeness (QED) is 0.890. The number of aryl methyl sites for hydroxylation is 2. The van der Waals surface area contributed by atoms with Crippen LogP contribution in [0.3, 0.4) is 0 Å². The van der Waals surface area contributed by atoms with Crippen LogP contribution in [0.1, 0.15) is 42.4 Å². The van der Waals surface area contributed by atoms with E-state index in [2.05, 4.69) is 32.0 Å². The zero-order valence-electron chi connectivity index (χ0n) is 12.0. The number of thioether (sulfide) groups is 1. The highest BCUT2D eigenvalue weighted by Crippen LogP contribution is 2.35. The van der Waals surface area contributed by atoms with Crippen molar-refractivity contribution in [3.05, 3.63) is 34.9 Å². The molecule has 1 aliphatic carbocycles. The Kier molecular flexibility index (Phi) is 4.93. The van der Waals surface area contributed by atoms with Gasteiger partial charge in [-0.05, 0) is 38.7 Å². The zero-order valence-corrected chi connectivity index (χ0v) is 12.8. The van der Waals surface area contributed by atoms with Crippen molar-refractivity contribution in [2.75, 3.05) is 6.61 Å². The minimum atomic E-state index is -0.335. The number of rotatable bonds is 4. The summed E-state index contributed by atoms with van der Waals surface area (Å²) in [7, 11) is 0. The summed E-state index contributed by atoms with van der Waals surface area (Å²) in [6.45, 7) is 4.42. The normalized spacial score (nSPS) is 27.5. The van der Waals surface area contributed by atoms with Crippen LogP contribution >= 0.6 is 11.8 Å². The molecule has 1 aliphatic rings. The van der Waals surface area contributed by atoms with Crippen molar-refractivity contribution in [2.24, 2.45) is 5.73 Å². The summed E-state index contributed by atoms with van der Waals surface area (Å²) in [6, 6.07) is 6.75. The molecule has 0 aliphatic heterocycles. The molecule has 0 amide bonds. The van der Waals surface area contributed by atoms with Crippen molar-refractivity contribution < 1.29 is 5.11 Å². The highest BCUT2D eigenvalue weighted by atomic mass is 32.2. The largest absolute Gasteiger partial charge is 0.394 e. The van der Waals surface area contributed by atoms with Gasteiger partial charge in [-0.2, -0.15) is 11.8 Å². The number of benzene rings is 1. The lowest BCUT2D eigenvalue weighted by atomic mass is 9.83. The van der Waals surface area contributed by atoms with Gasteiger partial charge in [0.25, 0.3) is 0 Å². The third-order valence-electron chi connectivity index (χ3n) is 3.92. The summed E-state index contributed by atoms with van der Waals surface area (Å²) in [5, 5.41) is 9.98. The first-order chi connectivity index (χ1) is 9.00. The molecule has 1 aromatic rings. The molecule has 19 heavy (non-hydrogen) atoms. The van der Waals surface area contributed by atoms with Crippen LogP contribution in [0.4, 0.5) is 0 Å². The van der Waals surface area contributed by atoms with E-state index in [1.54, 1.807) is 0 Å². The van der Waals surface area contributed by atoms with Gasteiger partial charge < -0.3 is 10.8 Å². The Balaban J connectivity index is 1.91. The van der Waals surface area contributed by atoms with E-state index in [-0.39, 0.29) is 12.1 Å². The summed E-state index contributed by atoms with van der Waals surface area (Å²) in [4.78, 5) is 0. The van der Waals surface area contributed by atoms with Crippen LogP contribution in [0, 0.1) is 13.8 Å². The molecule has 106 valence electrons. The Morgan fingerprint density at radius 3 is 2.63 bits per heavy atom. The van der Waals surface area contributed by atoms with Crippen LogP contribution in [0.25, 0.3) is 0 Å². The van der Waals surface area contributed by atoms with E-state index in [1.807, 2.05) is 11.8 Å². The first kappa shape index (κ1) is 14.9. The molecule has 2 atom stereocenters. The second-order valence-corrected chi connectivity index (χ2v) is 7.33. The Bertz CT molecular complexity index is 415. The lowest BCUT2D eigenvalue weighted by molar-refractivity contribution is 0.159. The molecule has 0 heterocycles. The molecule has 0 radical (unpaired) electrons. The maximum absolute atomic E-state index is 9.39. The van der Waals surface area contributed by atoms with Crippen LogP contribution in [0.2, 0.25) is 0 Å². The van der Waals surface area contributed by atoms with Crippen molar-refractivity contribution in [3.8, 4) is 0 Å². The van der Waals surface area contributed by atoms with E-state index in [1.165, 1.54) is 23.1 Å². The fourth-order valence-electron chi connectivity index (χ4n) is 2.99. The fourth-order valence-corrected chi connectivity index (χ4v) is 4.37. The average molecular weight is 279 g/mol. The summed E-state index contributed by atoms with van der Waals surface area (Å²) in [5.74, 6) is 1.05. The van der Waals surface area contributed by atoms with Gasteiger partial charge in [0, 0.05) is 16.5 Å². The monoisotopic (exact) mass is 279 g/mol. The SMILES string of the molecule is Cc1cc(C)cc(CSC2CCCC(N)(CO)C2)c1. The number of aliphatic hydroxyl groups is 1. The van der Waals surface area contributed by atoms with Crippen molar-refractivity contribution in [2.45, 2.75) is 56.1 Å². The predicted molar refractivity (Wildman–Crippen MR) is 83.5 cm³/mol. The van der Waals surface area contributed by atoms with E-state index in [4.69, 9.17) is 5.73 Å². The first-order valence-corrected chi connectivity index (χ1v) is 8.14. The molecule has 0 bridgehead atoms. The molecule has 3 N–H and O–H groups in total. The van der Waals surface area contributed by atoms with E-state index in [0.29, 0.717) is 5.25 Å². The first-order valence-electron chi connectivity index (χ1n) is 7.09. The van der Waals surface area contributed by atoms with Gasteiger partial charge in [0.15, 0.2) is 0 Å². The minimum absolute atomic E-state index is 0.119. The molecule has 1 saturated carbocycles. The Labute approximate surface area is 120 Å². The van der Waals surface area contributed by atoms with Crippen LogP contribution in [-0.4, -0.2) is 22.5 Å². The lowest BCUT2D eigenvalue weighted by Gasteiger charge is -2.36. The van der Waals surface area contributed by atoms with Crippen molar-refractivity contribution >= 4 is 11.8 Å². The highest BCUT2D eigenvalue weighted by molar-refractivity contribution is 7.99. The van der Waals surface area contributed by atoms with Gasteiger partial charge >= 0.3 is 0 Å². The molecule has 1 aromatic carbocycles. The van der Waals surface area contributed by atoms with Gasteiger partial charge in [0.2, 0.25) is 0 Å². The molecule has 0 spiro atoms. The van der Waals surface area contributed by atoms with Gasteiger partial charge in [0.05, 0.1) is 6.61 Å². The third-order valence-corrected chi connectivity index (χ3v) is 5.29. The molecule has 0 aromatic heterocycles. The number of hydrogen-bond donors (Lipinski definition) is 2. The Morgan fingerprint density at radius 1 is 1.32 bits per heavy atom. The van der Waals surface area contributed by atoms with Crippen LogP contribution in [0.5, 0.6) is 0 Å². The Morgan fingerprint density at radius 2 is 2.00 bits per heavy atom. The van der Waals surface area contributed by atoms with Crippen molar-refractivity contribution in [1.82, 2.24) is 0 Å². The molecule has 1 fully saturated rings. The predicted octanol–water partition coefficient (Wildman–Crippen LogP) is 3.17. The molecule has 0 saturated heterocycles. The Hall–Kier alpha value is -0.510. The van der Waals surface area contributed by atoms with Gasteiger partial charge in [-0.3, -0.25) is 0 Å². The van der Waals surface area contributed by atoms with Gasteiger partial charge in [0.1, 0.15) is 0 Å². The smallest absolute Gasteiger partial charge is 0.0611 e. The molecule has 2 unspecified atom stereocenters. The molecule has 3 heteroatoms. The van der Waals surface area contributed by atoms with Crippen LogP contribution < -0.4 is 5.73 Å². The van der Waals surface area contributed by atoms with Gasteiger partial charge in [-0.1, -0.05) is 35.7 Å². The van der Waals surface area contributed by atoms with E-state index in [0.717, 1.165) is 25.0 Å². The number of nitrogens with two attached hydrogens (primary N) is 1.